The van der Waals surface area contributed by atoms with Gasteiger partial charge >= 0.3 is 0 Å². The van der Waals surface area contributed by atoms with Crippen molar-refractivity contribution in [2.24, 2.45) is 0 Å². The maximum atomic E-state index is 12.6. The van der Waals surface area contributed by atoms with Gasteiger partial charge in [0.15, 0.2) is 17.3 Å². The second-order valence-electron chi connectivity index (χ2n) is 5.72. The molecule has 31 heavy (non-hydrogen) atoms. The van der Waals surface area contributed by atoms with E-state index in [-0.39, 0.29) is 44.3 Å². The van der Waals surface area contributed by atoms with Gasteiger partial charge in [0, 0.05) is 51.6 Å². The maximum Gasteiger partial charge on any atom is 0.235 e. The van der Waals surface area contributed by atoms with Crippen molar-refractivity contribution in [3.05, 3.63) is 12.4 Å². The summed E-state index contributed by atoms with van der Waals surface area (Å²) in [6.45, 7) is 4.80. The number of anilines is 1. The summed E-state index contributed by atoms with van der Waals surface area (Å²) in [5.74, 6) is 1.81. The fraction of sp³-hybridized carbons (Fsp3) is 0.611. The fourth-order valence-electron chi connectivity index (χ4n) is 2.51. The van der Waals surface area contributed by atoms with Crippen LogP contribution < -0.4 is 14.2 Å². The first-order valence-electron chi connectivity index (χ1n) is 9.36. The molecule has 0 radical (unpaired) electrons. The van der Waals surface area contributed by atoms with Crippen LogP contribution in [0, 0.1) is 31.1 Å². The zero-order chi connectivity index (χ0) is 22.4. The molecule has 3 rings (SSSR count). The molecule has 13 heteroatoms. The molecule has 2 aromatic rings. The summed E-state index contributed by atoms with van der Waals surface area (Å²) in [7, 11) is 0. The van der Waals surface area contributed by atoms with Crippen LogP contribution in [0.2, 0.25) is 0 Å². The summed E-state index contributed by atoms with van der Waals surface area (Å²) in [6.07, 6.45) is 6.17. The molecule has 176 valence electrons. The molecule has 0 aliphatic carbocycles. The third kappa shape index (κ3) is 8.71. The summed E-state index contributed by atoms with van der Waals surface area (Å²) in [6, 6.07) is -0.143. The van der Waals surface area contributed by atoms with Crippen molar-refractivity contribution in [3.8, 4) is 22.9 Å². The van der Waals surface area contributed by atoms with Gasteiger partial charge in [0.1, 0.15) is 6.61 Å². The molecular weight excluding hydrogens is 661 g/mol. The van der Waals surface area contributed by atoms with Gasteiger partial charge in [0.25, 0.3) is 0 Å². The van der Waals surface area contributed by atoms with Crippen LogP contribution in [0.3, 0.4) is 0 Å². The number of aromatic nitrogens is 4. The van der Waals surface area contributed by atoms with Crippen LogP contribution in [-0.4, -0.2) is 59.6 Å². The number of hydrogen-bond acceptors (Lipinski definition) is 8. The summed E-state index contributed by atoms with van der Waals surface area (Å²) in [5.41, 5.74) is 0.599. The number of pyridine rings is 1. The van der Waals surface area contributed by atoms with E-state index in [9.17, 15) is 13.2 Å². The Morgan fingerprint density at radius 3 is 2.52 bits per heavy atom. The third-order valence-electron chi connectivity index (χ3n) is 3.50. The monoisotopic (exact) mass is 691 g/mol. The van der Waals surface area contributed by atoms with E-state index in [4.69, 9.17) is 14.2 Å². The van der Waals surface area contributed by atoms with Crippen LogP contribution in [0.4, 0.5) is 19.1 Å². The quantitative estimate of drug-likeness (QED) is 0.413. The smallest absolute Gasteiger partial charge is 0.235 e. The van der Waals surface area contributed by atoms with Crippen molar-refractivity contribution in [1.82, 2.24) is 19.7 Å². The Kier molecular flexibility index (Phi) is 16.8. The van der Waals surface area contributed by atoms with Crippen LogP contribution in [0.15, 0.2) is 12.4 Å². The molecular formula is C18H30F3N5O3SU. The van der Waals surface area contributed by atoms with Crippen molar-refractivity contribution in [3.63, 3.8) is 0 Å². The predicted molar refractivity (Wildman–Crippen MR) is 113 cm³/mol. The zero-order valence-corrected chi connectivity index (χ0v) is 23.0. The summed E-state index contributed by atoms with van der Waals surface area (Å²) >= 11 is 1.41. The Hall–Kier alpha value is -1.16. The molecule has 0 spiro atoms. The number of halogens is 3. The van der Waals surface area contributed by atoms with E-state index in [1.54, 1.807) is 6.20 Å². The van der Waals surface area contributed by atoms with E-state index in [0.29, 0.717) is 42.9 Å². The molecule has 1 aliphatic heterocycles. The standard InChI is InChI=1S/C14H18FN5O3S.C3H8.CH2F2.U.H2/c1-3-21-6-9-7-22-12-10(4-16-5-11(12)23-8-15)13-17-18-14(19-24-2)20(9)13;1-3-2;2-1-3;;/h4-5,9H,3,6-8H2,1-2H3,(H,18,19);3H2,1-2H3;1H2;;1H/t9-;;;;/m0..../s1. The van der Waals surface area contributed by atoms with Crippen LogP contribution in [0.5, 0.6) is 11.5 Å². The average molecular weight is 692 g/mol. The molecule has 0 saturated heterocycles. The molecule has 0 bridgehead atoms. The molecule has 8 nitrogen and oxygen atoms in total. The Labute approximate surface area is 210 Å². The van der Waals surface area contributed by atoms with Gasteiger partial charge in [-0.25, -0.2) is 13.2 Å². The molecule has 1 N–H and O–H groups in total. The molecule has 1 atom stereocenters. The van der Waals surface area contributed by atoms with Crippen LogP contribution in [-0.2, 0) is 4.74 Å². The van der Waals surface area contributed by atoms with Gasteiger partial charge in [-0.15, -0.1) is 10.2 Å². The second kappa shape index (κ2) is 17.4. The van der Waals surface area contributed by atoms with Crippen molar-refractivity contribution < 1.29 is 59.9 Å². The van der Waals surface area contributed by atoms with Gasteiger partial charge in [0.05, 0.1) is 24.4 Å². The van der Waals surface area contributed by atoms with Crippen molar-refractivity contribution in [2.75, 3.05) is 44.6 Å². The van der Waals surface area contributed by atoms with Gasteiger partial charge < -0.3 is 14.2 Å². The molecule has 2 aromatic heterocycles. The minimum Gasteiger partial charge on any atom is -0.487 e. The van der Waals surface area contributed by atoms with E-state index >= 15 is 0 Å². The summed E-state index contributed by atoms with van der Waals surface area (Å²) in [5, 5.41) is 8.44. The van der Waals surface area contributed by atoms with Crippen LogP contribution in [0.25, 0.3) is 11.4 Å². The molecule has 0 fully saturated rings. The van der Waals surface area contributed by atoms with E-state index in [1.165, 1.54) is 24.6 Å². The molecule has 0 saturated carbocycles. The number of rotatable bonds is 7. The largest absolute Gasteiger partial charge is 0.487 e. The number of ether oxygens (including phenoxy) is 3. The average Bonchev–Trinajstić information content (AvgIpc) is 3.06. The van der Waals surface area contributed by atoms with Crippen LogP contribution in [0.1, 0.15) is 34.7 Å². The number of alkyl halides is 3. The van der Waals surface area contributed by atoms with Gasteiger partial charge in [0.2, 0.25) is 19.7 Å². The van der Waals surface area contributed by atoms with Crippen LogP contribution >= 0.6 is 11.9 Å². The van der Waals surface area contributed by atoms with Gasteiger partial charge in [-0.05, 0) is 6.92 Å². The summed E-state index contributed by atoms with van der Waals surface area (Å²) < 4.78 is 53.3. The third-order valence-corrected chi connectivity index (χ3v) is 3.89. The van der Waals surface area contributed by atoms with Crippen molar-refractivity contribution >= 4 is 17.9 Å². The zero-order valence-electron chi connectivity index (χ0n) is 18.0. The first-order valence-corrected chi connectivity index (χ1v) is 10.6. The Bertz CT molecular complexity index is 750. The second-order valence-corrected chi connectivity index (χ2v) is 6.34. The number of fused-ring (bicyclic) bond motifs is 3. The minimum atomic E-state index is -1.75. The Morgan fingerprint density at radius 2 is 1.94 bits per heavy atom. The van der Waals surface area contributed by atoms with Crippen molar-refractivity contribution in [1.29, 1.82) is 0 Å². The summed E-state index contributed by atoms with van der Waals surface area (Å²) in [4.78, 5) is 4.09. The van der Waals surface area contributed by atoms with E-state index in [0.717, 1.165) is 0 Å². The SMILES string of the molecule is CCC.CCOC[C@H]1COc2c(OCF)cncc2-c2nnc(NSC)n21.FCF.[HH].[U]. The number of nitrogens with zero attached hydrogens (tertiary/aromatic N) is 4. The molecule has 3 heterocycles. The van der Waals surface area contributed by atoms with E-state index in [2.05, 4.69) is 33.8 Å². The molecule has 0 unspecified atom stereocenters. The number of nitrogens with one attached hydrogen (secondary N) is 1. The van der Waals surface area contributed by atoms with Gasteiger partial charge in [-0.3, -0.25) is 14.3 Å². The molecule has 1 aliphatic rings. The normalized spacial score (nSPS) is 13.5. The predicted octanol–water partition coefficient (Wildman–Crippen LogP) is 4.85. The van der Waals surface area contributed by atoms with Gasteiger partial charge in [-0.1, -0.05) is 32.2 Å². The fourth-order valence-corrected chi connectivity index (χ4v) is 2.83. The number of hydrogen-bond donors (Lipinski definition) is 1. The van der Waals surface area contributed by atoms with Gasteiger partial charge in [-0.2, -0.15) is 0 Å². The Balaban J connectivity index is 0. The maximum absolute atomic E-state index is 12.6. The first-order chi connectivity index (χ1) is 14.6. The Morgan fingerprint density at radius 1 is 1.26 bits per heavy atom. The first kappa shape index (κ1) is 29.8. The molecule has 0 amide bonds. The topological polar surface area (TPSA) is 83.3 Å². The van der Waals surface area contributed by atoms with E-state index in [1.807, 2.05) is 17.7 Å². The minimum absolute atomic E-state index is 0. The van der Waals surface area contributed by atoms with E-state index < -0.39 is 13.8 Å². The van der Waals surface area contributed by atoms with Crippen molar-refractivity contribution in [2.45, 2.75) is 33.2 Å². The molecule has 0 aromatic carbocycles.